The number of aliphatic hydroxyl groups excluding tert-OH is 1. The van der Waals surface area contributed by atoms with Gasteiger partial charge in [-0.25, -0.2) is 0 Å². The summed E-state index contributed by atoms with van der Waals surface area (Å²) in [5.41, 5.74) is 9.34. The first-order valence-electron chi connectivity index (χ1n) is 8.48. The monoisotopic (exact) mass is 285 g/mol. The molecular weight excluding hydrogens is 258 g/mol. The molecule has 0 aromatic carbocycles. The molecule has 0 saturated heterocycles. The van der Waals surface area contributed by atoms with E-state index in [1.54, 1.807) is 0 Å². The van der Waals surface area contributed by atoms with Crippen molar-refractivity contribution < 1.29 is 5.11 Å². The average Bonchev–Trinajstić information content (AvgIpc) is 2.76. The first kappa shape index (κ1) is 13.6. The van der Waals surface area contributed by atoms with Gasteiger partial charge in [0, 0.05) is 16.5 Å². The van der Waals surface area contributed by atoms with Crippen LogP contribution in [0.25, 0.3) is 0 Å². The lowest BCUT2D eigenvalue weighted by Crippen LogP contribution is -2.49. The maximum atomic E-state index is 9.93. The van der Waals surface area contributed by atoms with Crippen molar-refractivity contribution in [1.82, 2.24) is 0 Å². The normalized spacial score (nSPS) is 51.6. The van der Waals surface area contributed by atoms with Crippen LogP contribution in [0.2, 0.25) is 0 Å². The molecule has 0 radical (unpaired) electrons. The molecule has 0 aromatic heterocycles. The molecule has 0 spiro atoms. The van der Waals surface area contributed by atoms with Gasteiger partial charge >= 0.3 is 0 Å². The summed E-state index contributed by atoms with van der Waals surface area (Å²) in [5, 5.41) is 9.93. The van der Waals surface area contributed by atoms with Crippen molar-refractivity contribution >= 4 is 0 Å². The van der Waals surface area contributed by atoms with Crippen LogP contribution >= 0.6 is 0 Å². The molecule has 21 heavy (non-hydrogen) atoms. The van der Waals surface area contributed by atoms with Crippen molar-refractivity contribution in [2.24, 2.45) is 34.3 Å². The Bertz CT molecular complexity index is 560. The fourth-order valence-corrected chi connectivity index (χ4v) is 5.84. The Morgan fingerprint density at radius 2 is 2.00 bits per heavy atom. The summed E-state index contributed by atoms with van der Waals surface area (Å²) in [6.07, 6.45) is 14.4. The number of nitrogens with two attached hydrogens (primary N) is 1. The zero-order chi connectivity index (χ0) is 14.8. The number of fused-ring (bicyclic) bond motifs is 5. The minimum atomic E-state index is -0.279. The fraction of sp³-hybridized carbons (Fsp3) is 0.684. The molecule has 0 heterocycles. The van der Waals surface area contributed by atoms with Crippen molar-refractivity contribution in [2.45, 2.75) is 52.1 Å². The van der Waals surface area contributed by atoms with Gasteiger partial charge in [0.25, 0.3) is 0 Å². The molecule has 2 nitrogen and oxygen atoms in total. The molecule has 0 aliphatic heterocycles. The topological polar surface area (TPSA) is 46.2 Å². The largest absolute Gasteiger partial charge is 0.402 e. The van der Waals surface area contributed by atoms with Gasteiger partial charge in [-0.2, -0.15) is 0 Å². The molecule has 1 saturated carbocycles. The third kappa shape index (κ3) is 1.69. The maximum Gasteiger partial charge on any atom is 0.0758 e. The zero-order valence-corrected chi connectivity index (χ0v) is 13.2. The number of aliphatic hydroxyl groups is 1. The molecule has 0 bridgehead atoms. The van der Waals surface area contributed by atoms with E-state index in [2.05, 4.69) is 32.1 Å². The van der Waals surface area contributed by atoms with Gasteiger partial charge in [-0.1, -0.05) is 43.7 Å². The maximum absolute atomic E-state index is 9.93. The summed E-state index contributed by atoms with van der Waals surface area (Å²) >= 11 is 0. The van der Waals surface area contributed by atoms with Crippen molar-refractivity contribution in [3.05, 3.63) is 35.6 Å². The smallest absolute Gasteiger partial charge is 0.0758 e. The Labute approximate surface area is 127 Å². The highest BCUT2D eigenvalue weighted by atomic mass is 16.3. The molecule has 0 aromatic rings. The predicted molar refractivity (Wildman–Crippen MR) is 85.3 cm³/mol. The fourth-order valence-electron chi connectivity index (χ4n) is 5.84. The molecule has 2 heteroatoms. The van der Waals surface area contributed by atoms with Crippen LogP contribution in [0.4, 0.5) is 0 Å². The van der Waals surface area contributed by atoms with Crippen molar-refractivity contribution in [3.63, 3.8) is 0 Å². The Balaban J connectivity index is 1.71. The quantitative estimate of drug-likeness (QED) is 0.669. The van der Waals surface area contributed by atoms with Gasteiger partial charge in [0.1, 0.15) is 0 Å². The minimum absolute atomic E-state index is 0.167. The van der Waals surface area contributed by atoms with Gasteiger partial charge < -0.3 is 10.8 Å². The average molecular weight is 285 g/mol. The van der Waals surface area contributed by atoms with Crippen LogP contribution in [0, 0.1) is 28.6 Å². The molecular formula is C19H27NO. The number of hydrogen-bond acceptors (Lipinski definition) is 2. The lowest BCUT2D eigenvalue weighted by molar-refractivity contribution is 0.00396. The van der Waals surface area contributed by atoms with Crippen molar-refractivity contribution in [2.75, 3.05) is 0 Å². The molecule has 0 unspecified atom stereocenters. The zero-order valence-electron chi connectivity index (χ0n) is 13.2. The summed E-state index contributed by atoms with van der Waals surface area (Å²) < 4.78 is 0. The number of hydrogen-bond donors (Lipinski definition) is 2. The van der Waals surface area contributed by atoms with Gasteiger partial charge in [-0.05, 0) is 49.9 Å². The highest BCUT2D eigenvalue weighted by molar-refractivity contribution is 5.34. The molecule has 6 atom stereocenters. The molecule has 0 amide bonds. The highest BCUT2D eigenvalue weighted by Crippen LogP contribution is 2.63. The van der Waals surface area contributed by atoms with E-state index in [1.165, 1.54) is 24.8 Å². The third-order valence-corrected chi connectivity index (χ3v) is 7.27. The van der Waals surface area contributed by atoms with Crippen LogP contribution in [0.5, 0.6) is 0 Å². The van der Waals surface area contributed by atoms with E-state index in [1.807, 2.05) is 6.08 Å². The molecule has 4 aliphatic carbocycles. The van der Waals surface area contributed by atoms with E-state index in [4.69, 9.17) is 5.73 Å². The second kappa shape index (κ2) is 4.25. The minimum Gasteiger partial charge on any atom is -0.402 e. The van der Waals surface area contributed by atoms with Crippen LogP contribution in [0.3, 0.4) is 0 Å². The van der Waals surface area contributed by atoms with E-state index in [0.717, 1.165) is 30.4 Å². The van der Waals surface area contributed by atoms with Crippen LogP contribution in [-0.2, 0) is 0 Å². The van der Waals surface area contributed by atoms with E-state index in [-0.39, 0.29) is 16.9 Å². The van der Waals surface area contributed by atoms with Gasteiger partial charge in [0.15, 0.2) is 0 Å². The molecule has 114 valence electrons. The second-order valence-electron chi connectivity index (χ2n) is 8.11. The van der Waals surface area contributed by atoms with E-state index in [9.17, 15) is 5.11 Å². The Hall–Kier alpha value is -1.02. The van der Waals surface area contributed by atoms with Crippen LogP contribution in [0.15, 0.2) is 35.6 Å². The second-order valence-corrected chi connectivity index (χ2v) is 8.11. The van der Waals surface area contributed by atoms with Crippen LogP contribution in [-0.4, -0.2) is 11.2 Å². The SMILES string of the molecule is C[C@]12C=C[C@H](O)CC1=CC[C@@H]1[C@@H]2CC[C@]2(C)C(N)=CC[C@@H]12. The highest BCUT2D eigenvalue weighted by Gasteiger charge is 2.55. The number of rotatable bonds is 0. The molecule has 4 rings (SSSR count). The van der Waals surface area contributed by atoms with Gasteiger partial charge in [0.05, 0.1) is 6.10 Å². The van der Waals surface area contributed by atoms with Gasteiger partial charge in [-0.3, -0.25) is 0 Å². The van der Waals surface area contributed by atoms with E-state index >= 15 is 0 Å². The predicted octanol–water partition coefficient (Wildman–Crippen LogP) is 3.54. The lowest BCUT2D eigenvalue weighted by atomic mass is 9.49. The first-order chi connectivity index (χ1) is 9.95. The van der Waals surface area contributed by atoms with Crippen molar-refractivity contribution in [1.29, 1.82) is 0 Å². The van der Waals surface area contributed by atoms with Crippen LogP contribution in [0.1, 0.15) is 46.0 Å². The van der Waals surface area contributed by atoms with Gasteiger partial charge in [0.2, 0.25) is 0 Å². The lowest BCUT2D eigenvalue weighted by Gasteiger charge is -2.56. The van der Waals surface area contributed by atoms with Gasteiger partial charge in [-0.15, -0.1) is 0 Å². The molecule has 3 N–H and O–H groups in total. The van der Waals surface area contributed by atoms with Crippen LogP contribution < -0.4 is 5.73 Å². The molecule has 1 fully saturated rings. The summed E-state index contributed by atoms with van der Waals surface area (Å²) in [5.74, 6) is 2.18. The summed E-state index contributed by atoms with van der Waals surface area (Å²) in [7, 11) is 0. The van der Waals surface area contributed by atoms with E-state index in [0.29, 0.717) is 5.92 Å². The Kier molecular flexibility index (Phi) is 2.76. The third-order valence-electron chi connectivity index (χ3n) is 7.27. The van der Waals surface area contributed by atoms with E-state index < -0.39 is 0 Å². The Morgan fingerprint density at radius 3 is 2.81 bits per heavy atom. The van der Waals surface area contributed by atoms with Crippen molar-refractivity contribution in [3.8, 4) is 0 Å². The summed E-state index contributed by atoms with van der Waals surface area (Å²) in [6, 6.07) is 0. The molecule has 4 aliphatic rings. The Morgan fingerprint density at radius 1 is 1.19 bits per heavy atom. The number of allylic oxidation sites excluding steroid dienone is 4. The first-order valence-corrected chi connectivity index (χ1v) is 8.48. The standard InChI is InChI=1S/C19H27NO/c1-18-9-7-13(21)11-12(18)3-4-14-15-5-6-17(20)19(15,2)10-8-16(14)18/h3,6-7,9,13-16,21H,4-5,8,10-11,20H2,1-2H3/t13-,14-,15-,16-,18-,19-/m0/s1. The summed E-state index contributed by atoms with van der Waals surface area (Å²) in [6.45, 7) is 4.78. The summed E-state index contributed by atoms with van der Waals surface area (Å²) in [4.78, 5) is 0.